The van der Waals surface area contributed by atoms with Crippen molar-refractivity contribution in [1.29, 1.82) is 0 Å². The summed E-state index contributed by atoms with van der Waals surface area (Å²) in [5, 5.41) is 2.94. The molecule has 2 aliphatic carbocycles. The Hall–Kier alpha value is -4.98. The number of likely N-dealkylation sites (tertiary alicyclic amines) is 2. The molecule has 13 nitrogen and oxygen atoms in total. The standard InChI is InChI=1S/C42H51N5O8S/c1-5-28-24-42(28,41(51)45-56(52,53)31-15-16-31)44-39(49)36-21-30(25-47(36)40(50)33(26(2)3)22-38(48)46-18-10-7-11-19-46)55-37-23-34(27-12-8-6-9-13-27)43-35-20-29(54-4)14-17-32(35)37/h5-6,8-9,12-14,17,20,23,26,28,30-31,33,36H,1,7,10-11,15-16,18-19,21-22,24-25H2,2-4H3,(H,44,49)(H,45,51)/t28-,30+,33-,36-,42+/m0/s1. The topological polar surface area (TPSA) is 164 Å². The average molecular weight is 786 g/mol. The van der Waals surface area contributed by atoms with Crippen LogP contribution in [-0.2, 0) is 29.2 Å². The maximum absolute atomic E-state index is 14.7. The second-order valence-electron chi connectivity index (χ2n) is 15.9. The van der Waals surface area contributed by atoms with Crippen LogP contribution in [0.25, 0.3) is 22.2 Å². The van der Waals surface area contributed by atoms with Crippen LogP contribution in [0.5, 0.6) is 11.5 Å². The third-order valence-electron chi connectivity index (χ3n) is 11.7. The summed E-state index contributed by atoms with van der Waals surface area (Å²) in [4.78, 5) is 64.4. The van der Waals surface area contributed by atoms with E-state index in [0.29, 0.717) is 54.0 Å². The third kappa shape index (κ3) is 8.12. The zero-order valence-electron chi connectivity index (χ0n) is 32.2. The first kappa shape index (κ1) is 39.3. The van der Waals surface area contributed by atoms with Crippen LogP contribution in [-0.4, -0.2) is 96.5 Å². The lowest BCUT2D eigenvalue weighted by atomic mass is 9.89. The molecular weight excluding hydrogens is 735 g/mol. The van der Waals surface area contributed by atoms with Gasteiger partial charge in [-0.15, -0.1) is 6.58 Å². The second kappa shape index (κ2) is 15.9. The molecule has 4 amide bonds. The summed E-state index contributed by atoms with van der Waals surface area (Å²) in [5.74, 6) is -2.15. The van der Waals surface area contributed by atoms with Crippen molar-refractivity contribution in [3.05, 3.63) is 67.3 Å². The zero-order valence-corrected chi connectivity index (χ0v) is 33.1. The number of fused-ring (bicyclic) bond motifs is 1. The number of piperidine rings is 1. The van der Waals surface area contributed by atoms with Crippen LogP contribution in [0.4, 0.5) is 0 Å². The highest BCUT2D eigenvalue weighted by Gasteiger charge is 2.62. The van der Waals surface area contributed by atoms with Crippen molar-refractivity contribution in [1.82, 2.24) is 24.8 Å². The number of aromatic nitrogens is 1. The Kier molecular flexibility index (Phi) is 11.1. The number of nitrogens with zero attached hydrogens (tertiary/aromatic N) is 3. The van der Waals surface area contributed by atoms with Gasteiger partial charge >= 0.3 is 0 Å². The maximum atomic E-state index is 14.7. The molecule has 2 N–H and O–H groups in total. The molecule has 3 heterocycles. The molecule has 5 atom stereocenters. The van der Waals surface area contributed by atoms with Crippen LogP contribution in [0.15, 0.2) is 67.3 Å². The number of amides is 4. The van der Waals surface area contributed by atoms with Gasteiger partial charge in [0.25, 0.3) is 5.91 Å². The SMILES string of the molecule is C=C[C@H]1C[C@]1(NC(=O)[C@@H]1C[C@@H](Oc2cc(-c3ccccc3)nc3cc(OC)ccc23)CN1C(=O)[C@@H](CC(=O)N1CCCCC1)C(C)C)C(=O)NS(=O)(=O)C1CC1. The first-order valence-corrected chi connectivity index (χ1v) is 21.2. The lowest BCUT2D eigenvalue weighted by Crippen LogP contribution is -2.57. The highest BCUT2D eigenvalue weighted by molar-refractivity contribution is 7.91. The van der Waals surface area contributed by atoms with E-state index in [9.17, 15) is 27.6 Å². The fourth-order valence-electron chi connectivity index (χ4n) is 8.01. The van der Waals surface area contributed by atoms with Gasteiger partial charge in [-0.3, -0.25) is 23.9 Å². The lowest BCUT2D eigenvalue weighted by Gasteiger charge is -2.32. The first-order valence-electron chi connectivity index (χ1n) is 19.6. The van der Waals surface area contributed by atoms with Crippen molar-refractivity contribution < 1.29 is 37.1 Å². The molecule has 0 spiro atoms. The summed E-state index contributed by atoms with van der Waals surface area (Å²) in [6.07, 6.45) is 4.98. The summed E-state index contributed by atoms with van der Waals surface area (Å²) < 4.78 is 40.0. The molecule has 0 bridgehead atoms. The Bertz CT molecular complexity index is 2120. The first-order chi connectivity index (χ1) is 26.8. The predicted molar refractivity (Wildman–Crippen MR) is 211 cm³/mol. The minimum atomic E-state index is -3.89. The minimum absolute atomic E-state index is 0.00797. The third-order valence-corrected chi connectivity index (χ3v) is 13.5. The van der Waals surface area contributed by atoms with Gasteiger partial charge < -0.3 is 24.6 Å². The molecule has 2 saturated heterocycles. The predicted octanol–water partition coefficient (Wildman–Crippen LogP) is 4.60. The van der Waals surface area contributed by atoms with Crippen molar-refractivity contribution in [2.75, 3.05) is 26.7 Å². The van der Waals surface area contributed by atoms with Crippen molar-refractivity contribution in [2.24, 2.45) is 17.8 Å². The summed E-state index contributed by atoms with van der Waals surface area (Å²) >= 11 is 0. The molecule has 0 radical (unpaired) electrons. The minimum Gasteiger partial charge on any atom is -0.497 e. The molecule has 2 saturated carbocycles. The van der Waals surface area contributed by atoms with Crippen molar-refractivity contribution >= 4 is 44.6 Å². The highest BCUT2D eigenvalue weighted by Crippen LogP contribution is 2.46. The highest BCUT2D eigenvalue weighted by atomic mass is 32.2. The van der Waals surface area contributed by atoms with Crippen LogP contribution in [0, 0.1) is 17.8 Å². The van der Waals surface area contributed by atoms with E-state index in [2.05, 4.69) is 16.6 Å². The van der Waals surface area contributed by atoms with Gasteiger partial charge in [-0.2, -0.15) is 0 Å². The van der Waals surface area contributed by atoms with Gasteiger partial charge in [-0.05, 0) is 56.6 Å². The van der Waals surface area contributed by atoms with Crippen LogP contribution in [0.2, 0.25) is 0 Å². The number of carbonyl (C=O) groups excluding carboxylic acids is 4. The molecule has 56 heavy (non-hydrogen) atoms. The number of benzene rings is 2. The summed E-state index contributed by atoms with van der Waals surface area (Å²) in [6, 6.07) is 15.9. The number of rotatable bonds is 14. The maximum Gasteiger partial charge on any atom is 0.259 e. The van der Waals surface area contributed by atoms with Crippen LogP contribution in [0.3, 0.4) is 0 Å². The number of methoxy groups -OCH3 is 1. The van der Waals surface area contributed by atoms with Gasteiger partial charge in [-0.25, -0.2) is 13.4 Å². The fraction of sp³-hybridized carbons (Fsp3) is 0.500. The van der Waals surface area contributed by atoms with Gasteiger partial charge in [0.05, 0.1) is 30.1 Å². The number of ether oxygens (including phenoxy) is 2. The molecule has 14 heteroatoms. The number of pyridine rings is 1. The Morgan fingerprint density at radius 2 is 1.77 bits per heavy atom. The van der Waals surface area contributed by atoms with Gasteiger partial charge in [0.15, 0.2) is 0 Å². The van der Waals surface area contributed by atoms with Gasteiger partial charge in [0, 0.05) is 60.8 Å². The second-order valence-corrected chi connectivity index (χ2v) is 17.9. The van der Waals surface area contributed by atoms with E-state index in [1.807, 2.05) is 73.3 Å². The number of carbonyl (C=O) groups is 4. The molecule has 1 aromatic heterocycles. The Labute approximate surface area is 328 Å². The normalized spacial score (nSPS) is 24.0. The lowest BCUT2D eigenvalue weighted by molar-refractivity contribution is -0.146. The molecule has 4 aliphatic rings. The molecule has 3 aromatic rings. The molecule has 7 rings (SSSR count). The molecule has 2 aromatic carbocycles. The largest absolute Gasteiger partial charge is 0.497 e. The van der Waals surface area contributed by atoms with E-state index >= 15 is 0 Å². The smallest absolute Gasteiger partial charge is 0.259 e. The molecule has 2 aliphatic heterocycles. The van der Waals surface area contributed by atoms with Crippen LogP contribution < -0.4 is 19.5 Å². The van der Waals surface area contributed by atoms with Gasteiger partial charge in [0.1, 0.15) is 29.2 Å². The molecule has 298 valence electrons. The average Bonchev–Trinajstić information content (AvgIpc) is 4.13. The van der Waals surface area contributed by atoms with Crippen molar-refractivity contribution in [2.45, 2.75) is 88.1 Å². The zero-order chi connectivity index (χ0) is 39.8. The molecular formula is C42H51N5O8S. The van der Waals surface area contributed by atoms with E-state index in [-0.39, 0.29) is 43.5 Å². The summed E-state index contributed by atoms with van der Waals surface area (Å²) in [6.45, 7) is 8.95. The van der Waals surface area contributed by atoms with E-state index in [1.165, 1.54) is 11.0 Å². The van der Waals surface area contributed by atoms with E-state index in [4.69, 9.17) is 14.5 Å². The molecule has 0 unspecified atom stereocenters. The van der Waals surface area contributed by atoms with Crippen LogP contribution in [0.1, 0.15) is 65.2 Å². The van der Waals surface area contributed by atoms with Gasteiger partial charge in [-0.1, -0.05) is 50.3 Å². The Balaban J connectivity index is 1.20. The molecule has 4 fully saturated rings. The van der Waals surface area contributed by atoms with E-state index < -0.39 is 56.6 Å². The Morgan fingerprint density at radius 3 is 2.41 bits per heavy atom. The van der Waals surface area contributed by atoms with E-state index in [0.717, 1.165) is 24.8 Å². The van der Waals surface area contributed by atoms with Crippen molar-refractivity contribution in [3.8, 4) is 22.8 Å². The van der Waals surface area contributed by atoms with Crippen LogP contribution >= 0.6 is 0 Å². The fourth-order valence-corrected chi connectivity index (χ4v) is 9.38. The van der Waals surface area contributed by atoms with E-state index in [1.54, 1.807) is 7.11 Å². The number of nitrogens with one attached hydrogen (secondary N) is 2. The summed E-state index contributed by atoms with van der Waals surface area (Å²) in [7, 11) is -2.31. The number of hydrogen-bond acceptors (Lipinski definition) is 9. The quantitative estimate of drug-likeness (QED) is 0.222. The monoisotopic (exact) mass is 785 g/mol. The van der Waals surface area contributed by atoms with Crippen molar-refractivity contribution in [3.63, 3.8) is 0 Å². The Morgan fingerprint density at radius 1 is 1.04 bits per heavy atom. The number of sulfonamides is 1. The number of hydrogen-bond donors (Lipinski definition) is 2. The summed E-state index contributed by atoms with van der Waals surface area (Å²) in [5.41, 5.74) is 0.640. The van der Waals surface area contributed by atoms with Gasteiger partial charge in [0.2, 0.25) is 27.7 Å².